The molecular formula is C23H23N3O4S. The number of hydrogen-bond donors (Lipinski definition) is 0. The van der Waals surface area contributed by atoms with Gasteiger partial charge in [-0.15, -0.1) is 0 Å². The van der Waals surface area contributed by atoms with E-state index in [1.165, 1.54) is 22.5 Å². The molecule has 31 heavy (non-hydrogen) atoms. The molecule has 0 atom stereocenters. The molecule has 8 heteroatoms. The minimum atomic E-state index is -3.73. The fourth-order valence-corrected chi connectivity index (χ4v) is 5.48. The van der Waals surface area contributed by atoms with Crippen LogP contribution in [0.1, 0.15) is 23.6 Å². The predicted octanol–water partition coefficient (Wildman–Crippen LogP) is 2.73. The lowest BCUT2D eigenvalue weighted by Crippen LogP contribution is -2.48. The van der Waals surface area contributed by atoms with Crippen molar-refractivity contribution >= 4 is 21.0 Å². The molecule has 1 aromatic heterocycles. The number of aryl methyl sites for hydroxylation is 1. The van der Waals surface area contributed by atoms with Crippen molar-refractivity contribution in [3.63, 3.8) is 0 Å². The molecule has 1 aliphatic rings. The summed E-state index contributed by atoms with van der Waals surface area (Å²) in [7, 11) is -3.73. The summed E-state index contributed by atoms with van der Waals surface area (Å²) >= 11 is 0. The highest BCUT2D eigenvalue weighted by Gasteiger charge is 2.30. The van der Waals surface area contributed by atoms with Gasteiger partial charge in [0, 0.05) is 44.2 Å². The van der Waals surface area contributed by atoms with Crippen LogP contribution >= 0.6 is 0 Å². The summed E-state index contributed by atoms with van der Waals surface area (Å²) in [4.78, 5) is 14.2. The van der Waals surface area contributed by atoms with Crippen molar-refractivity contribution in [2.45, 2.75) is 24.8 Å². The maximum atomic E-state index is 13.0. The maximum absolute atomic E-state index is 13.0. The van der Waals surface area contributed by atoms with Gasteiger partial charge >= 0.3 is 5.63 Å². The molecule has 0 bridgehead atoms. The molecule has 0 N–H and O–H groups in total. The Morgan fingerprint density at radius 3 is 2.52 bits per heavy atom. The van der Waals surface area contributed by atoms with E-state index in [9.17, 15) is 18.5 Å². The van der Waals surface area contributed by atoms with E-state index in [0.29, 0.717) is 38.3 Å². The zero-order valence-corrected chi connectivity index (χ0v) is 18.1. The standard InChI is InChI=1S/C23H23N3O4S/c1-2-17-7-8-20-19(14-23(27)30-21(20)13-17)16-25-9-11-26(12-10-25)31(28,29)22-6-4-3-5-18(22)15-24/h3-8,13-14H,2,9-12,16H2,1H3. The van der Waals surface area contributed by atoms with E-state index in [-0.39, 0.29) is 16.1 Å². The van der Waals surface area contributed by atoms with Gasteiger partial charge in [0.1, 0.15) is 11.7 Å². The number of nitrogens with zero attached hydrogens (tertiary/aromatic N) is 3. The number of rotatable bonds is 5. The topological polar surface area (TPSA) is 94.6 Å². The van der Waals surface area contributed by atoms with Gasteiger partial charge in [0.2, 0.25) is 10.0 Å². The third-order valence-corrected chi connectivity index (χ3v) is 7.61. The summed E-state index contributed by atoms with van der Waals surface area (Å²) in [5.41, 5.74) is 2.32. The van der Waals surface area contributed by atoms with E-state index in [0.717, 1.165) is 22.9 Å². The Morgan fingerprint density at radius 1 is 1.06 bits per heavy atom. The van der Waals surface area contributed by atoms with Crippen molar-refractivity contribution in [2.24, 2.45) is 0 Å². The van der Waals surface area contributed by atoms with Crippen LogP contribution < -0.4 is 5.63 Å². The van der Waals surface area contributed by atoms with Crippen LogP contribution in [0, 0.1) is 11.3 Å². The molecule has 0 saturated carbocycles. The highest BCUT2D eigenvalue weighted by molar-refractivity contribution is 7.89. The van der Waals surface area contributed by atoms with Gasteiger partial charge in [0.15, 0.2) is 0 Å². The van der Waals surface area contributed by atoms with Crippen LogP contribution in [0.4, 0.5) is 0 Å². The fourth-order valence-electron chi connectivity index (χ4n) is 3.92. The van der Waals surface area contributed by atoms with Crippen LogP contribution in [0.2, 0.25) is 0 Å². The molecule has 0 unspecified atom stereocenters. The maximum Gasteiger partial charge on any atom is 0.336 e. The summed E-state index contributed by atoms with van der Waals surface area (Å²) in [6.07, 6.45) is 0.856. The lowest BCUT2D eigenvalue weighted by Gasteiger charge is -2.34. The predicted molar refractivity (Wildman–Crippen MR) is 117 cm³/mol. The molecule has 0 amide bonds. The van der Waals surface area contributed by atoms with Gasteiger partial charge in [0.05, 0.1) is 10.5 Å². The van der Waals surface area contributed by atoms with E-state index in [1.54, 1.807) is 12.1 Å². The second-order valence-corrected chi connectivity index (χ2v) is 9.47. The number of sulfonamides is 1. The quantitative estimate of drug-likeness (QED) is 0.570. The van der Waals surface area contributed by atoms with Crippen molar-refractivity contribution in [2.75, 3.05) is 26.2 Å². The van der Waals surface area contributed by atoms with Crippen LogP contribution in [-0.2, 0) is 23.0 Å². The highest BCUT2D eigenvalue weighted by atomic mass is 32.2. The van der Waals surface area contributed by atoms with E-state index >= 15 is 0 Å². The molecular weight excluding hydrogens is 414 g/mol. The van der Waals surface area contributed by atoms with Gasteiger partial charge in [-0.2, -0.15) is 9.57 Å². The summed E-state index contributed by atoms with van der Waals surface area (Å²) < 4.78 is 32.8. The normalized spacial score (nSPS) is 15.7. The van der Waals surface area contributed by atoms with Gasteiger partial charge in [-0.1, -0.05) is 31.2 Å². The number of piperazine rings is 1. The van der Waals surface area contributed by atoms with E-state index in [1.807, 2.05) is 31.2 Å². The fraction of sp³-hybridized carbons (Fsp3) is 0.304. The minimum Gasteiger partial charge on any atom is -0.423 e. The summed E-state index contributed by atoms with van der Waals surface area (Å²) in [6.45, 7) is 4.29. The third kappa shape index (κ3) is 4.26. The molecule has 2 aromatic carbocycles. The second kappa shape index (κ2) is 8.63. The molecule has 1 saturated heterocycles. The molecule has 3 aromatic rings. The molecule has 0 radical (unpaired) electrons. The first kappa shape index (κ1) is 21.2. The molecule has 7 nitrogen and oxygen atoms in total. The first-order chi connectivity index (χ1) is 14.9. The van der Waals surface area contributed by atoms with Gasteiger partial charge < -0.3 is 4.42 Å². The summed E-state index contributed by atoms with van der Waals surface area (Å²) in [5.74, 6) is 0. The summed E-state index contributed by atoms with van der Waals surface area (Å²) in [5, 5.41) is 10.2. The first-order valence-electron chi connectivity index (χ1n) is 10.2. The molecule has 4 rings (SSSR count). The molecule has 0 aliphatic carbocycles. The Hall–Kier alpha value is -2.99. The van der Waals surface area contributed by atoms with Crippen molar-refractivity contribution in [3.8, 4) is 6.07 Å². The molecule has 1 aliphatic heterocycles. The van der Waals surface area contributed by atoms with Crippen LogP contribution in [0.25, 0.3) is 11.0 Å². The first-order valence-corrected chi connectivity index (χ1v) is 11.6. The van der Waals surface area contributed by atoms with Gasteiger partial charge in [0.25, 0.3) is 0 Å². The molecule has 160 valence electrons. The van der Waals surface area contributed by atoms with Gasteiger partial charge in [-0.05, 0) is 35.7 Å². The minimum absolute atomic E-state index is 0.0457. The van der Waals surface area contributed by atoms with Gasteiger partial charge in [-0.3, -0.25) is 4.90 Å². The van der Waals surface area contributed by atoms with Crippen LogP contribution in [-0.4, -0.2) is 43.8 Å². The smallest absolute Gasteiger partial charge is 0.336 e. The van der Waals surface area contributed by atoms with Crippen LogP contribution in [0.3, 0.4) is 0 Å². The van der Waals surface area contributed by atoms with Crippen molar-refractivity contribution < 1.29 is 12.8 Å². The van der Waals surface area contributed by atoms with Crippen molar-refractivity contribution in [3.05, 3.63) is 75.6 Å². The SMILES string of the molecule is CCc1ccc2c(CN3CCN(S(=O)(=O)c4ccccc4C#N)CC3)cc(=O)oc2c1. The highest BCUT2D eigenvalue weighted by Crippen LogP contribution is 2.23. The Bertz CT molecular complexity index is 1320. The average molecular weight is 438 g/mol. The van der Waals surface area contributed by atoms with E-state index in [2.05, 4.69) is 4.90 Å². The number of hydrogen-bond acceptors (Lipinski definition) is 6. The number of nitriles is 1. The summed E-state index contributed by atoms with van der Waals surface area (Å²) in [6, 6.07) is 15.6. The lowest BCUT2D eigenvalue weighted by molar-refractivity contribution is 0.182. The van der Waals surface area contributed by atoms with Gasteiger partial charge in [-0.25, -0.2) is 13.2 Å². The zero-order chi connectivity index (χ0) is 22.0. The lowest BCUT2D eigenvalue weighted by atomic mass is 10.1. The molecule has 2 heterocycles. The number of benzene rings is 2. The Morgan fingerprint density at radius 2 is 1.81 bits per heavy atom. The Labute approximate surface area is 181 Å². The monoisotopic (exact) mass is 437 g/mol. The van der Waals surface area contributed by atoms with Crippen molar-refractivity contribution in [1.82, 2.24) is 9.21 Å². The average Bonchev–Trinajstić information content (AvgIpc) is 2.78. The number of fused-ring (bicyclic) bond motifs is 1. The Kier molecular flexibility index (Phi) is 5.92. The van der Waals surface area contributed by atoms with Crippen molar-refractivity contribution in [1.29, 1.82) is 5.26 Å². The third-order valence-electron chi connectivity index (χ3n) is 5.65. The van der Waals surface area contributed by atoms with E-state index < -0.39 is 10.0 Å². The van der Waals surface area contributed by atoms with Crippen LogP contribution in [0.5, 0.6) is 0 Å². The largest absolute Gasteiger partial charge is 0.423 e. The van der Waals surface area contributed by atoms with E-state index in [4.69, 9.17) is 4.42 Å². The second-order valence-electron chi connectivity index (χ2n) is 7.56. The molecule has 0 spiro atoms. The molecule has 1 fully saturated rings. The van der Waals surface area contributed by atoms with Crippen LogP contribution in [0.15, 0.2) is 62.6 Å². The Balaban J connectivity index is 1.51. The zero-order valence-electron chi connectivity index (χ0n) is 17.2.